The Hall–Kier alpha value is -3.59. The number of hydrogen-bond acceptors (Lipinski definition) is 6. The van der Waals surface area contributed by atoms with Crippen molar-refractivity contribution in [1.29, 1.82) is 0 Å². The molecule has 190 valence electrons. The number of amides is 3. The molecule has 3 aromatic rings. The van der Waals surface area contributed by atoms with E-state index in [0.29, 0.717) is 24.6 Å². The molecule has 4 aliphatic rings. The lowest BCUT2D eigenvalue weighted by molar-refractivity contribution is -0.136. The van der Waals surface area contributed by atoms with Crippen LogP contribution >= 0.6 is 0 Å². The van der Waals surface area contributed by atoms with Crippen LogP contribution in [0.1, 0.15) is 72.5 Å². The molecule has 0 radical (unpaired) electrons. The Morgan fingerprint density at radius 2 is 1.84 bits per heavy atom. The number of nitrogens with one attached hydrogen (secondary N) is 1. The average molecular weight is 499 g/mol. The van der Waals surface area contributed by atoms with Gasteiger partial charge in [-0.1, -0.05) is 6.07 Å². The molecule has 3 fully saturated rings. The van der Waals surface area contributed by atoms with Gasteiger partial charge in [-0.15, -0.1) is 0 Å². The molecule has 3 amide bonds. The molecule has 1 aromatic carbocycles. The Morgan fingerprint density at radius 3 is 2.59 bits per heavy atom. The lowest BCUT2D eigenvalue weighted by atomic mass is 9.93. The average Bonchev–Trinajstić information content (AvgIpc) is 3.58. The minimum absolute atomic E-state index is 0.155. The topological polar surface area (TPSA) is 100 Å². The summed E-state index contributed by atoms with van der Waals surface area (Å²) >= 11 is 0. The molecule has 1 atom stereocenters. The molecule has 1 unspecified atom stereocenters. The van der Waals surface area contributed by atoms with E-state index in [2.05, 4.69) is 21.0 Å². The number of rotatable bonds is 5. The van der Waals surface area contributed by atoms with E-state index in [4.69, 9.17) is 10.1 Å². The van der Waals surface area contributed by atoms with Crippen molar-refractivity contribution in [3.63, 3.8) is 0 Å². The summed E-state index contributed by atoms with van der Waals surface area (Å²) in [7, 11) is 0. The van der Waals surface area contributed by atoms with Crippen LogP contribution in [0.5, 0.6) is 0 Å². The molecule has 37 heavy (non-hydrogen) atoms. The van der Waals surface area contributed by atoms with Crippen molar-refractivity contribution in [2.45, 2.75) is 70.1 Å². The maximum absolute atomic E-state index is 13.1. The molecule has 2 aromatic heterocycles. The minimum atomic E-state index is -0.612. The second-order valence-electron chi connectivity index (χ2n) is 10.8. The third kappa shape index (κ3) is 3.83. The second kappa shape index (κ2) is 8.76. The van der Waals surface area contributed by atoms with Gasteiger partial charge in [-0.3, -0.25) is 24.6 Å². The standard InChI is InChI=1S/C28H30N6O3/c35-25-9-8-24(27(36)31-25)33-16-18-12-17(6-7-21(18)28(33)37)23-13-19(15-32-10-1-2-11-32)22-14-29-34(26(22)30-23)20-4-3-5-20/h6-7,12-14,20,24H,1-5,8-11,15-16H2,(H,31,35,36). The predicted molar refractivity (Wildman–Crippen MR) is 136 cm³/mol. The van der Waals surface area contributed by atoms with Gasteiger partial charge >= 0.3 is 0 Å². The third-order valence-corrected chi connectivity index (χ3v) is 8.48. The van der Waals surface area contributed by atoms with E-state index in [1.807, 2.05) is 24.4 Å². The van der Waals surface area contributed by atoms with Crippen molar-refractivity contribution in [2.75, 3.05) is 13.1 Å². The second-order valence-corrected chi connectivity index (χ2v) is 10.8. The summed E-state index contributed by atoms with van der Waals surface area (Å²) < 4.78 is 2.11. The summed E-state index contributed by atoms with van der Waals surface area (Å²) in [6.07, 6.45) is 8.59. The molecule has 9 heteroatoms. The molecular weight excluding hydrogens is 468 g/mol. The highest BCUT2D eigenvalue weighted by Gasteiger charge is 2.39. The number of likely N-dealkylation sites (tertiary alicyclic amines) is 1. The van der Waals surface area contributed by atoms with E-state index >= 15 is 0 Å². The number of imide groups is 1. The zero-order valence-corrected chi connectivity index (χ0v) is 20.8. The number of piperidine rings is 1. The van der Waals surface area contributed by atoms with Gasteiger partial charge in [0.2, 0.25) is 11.8 Å². The maximum Gasteiger partial charge on any atom is 0.255 e. The highest BCUT2D eigenvalue weighted by molar-refractivity contribution is 6.05. The number of pyridine rings is 1. The molecule has 0 spiro atoms. The van der Waals surface area contributed by atoms with Crippen LogP contribution < -0.4 is 5.32 Å². The van der Waals surface area contributed by atoms with Crippen molar-refractivity contribution in [3.8, 4) is 11.3 Å². The summed E-state index contributed by atoms with van der Waals surface area (Å²) in [6.45, 7) is 3.48. The van der Waals surface area contributed by atoms with Crippen LogP contribution in [-0.4, -0.2) is 61.4 Å². The number of aromatic nitrogens is 3. The predicted octanol–water partition coefficient (Wildman–Crippen LogP) is 3.18. The van der Waals surface area contributed by atoms with Crippen LogP contribution in [0.15, 0.2) is 30.5 Å². The van der Waals surface area contributed by atoms with Gasteiger partial charge in [0.05, 0.1) is 17.9 Å². The van der Waals surface area contributed by atoms with Gasteiger partial charge in [0, 0.05) is 36.0 Å². The number of hydrogen-bond donors (Lipinski definition) is 1. The van der Waals surface area contributed by atoms with Crippen molar-refractivity contribution in [2.24, 2.45) is 0 Å². The lowest BCUT2D eigenvalue weighted by Gasteiger charge is -2.29. The molecule has 2 saturated heterocycles. The van der Waals surface area contributed by atoms with Crippen LogP contribution in [0.4, 0.5) is 0 Å². The first-order valence-electron chi connectivity index (χ1n) is 13.4. The zero-order chi connectivity index (χ0) is 25.1. The molecular formula is C28H30N6O3. The highest BCUT2D eigenvalue weighted by atomic mass is 16.2. The van der Waals surface area contributed by atoms with Gasteiger partial charge < -0.3 is 4.90 Å². The zero-order valence-electron chi connectivity index (χ0n) is 20.8. The van der Waals surface area contributed by atoms with Crippen molar-refractivity contribution in [3.05, 3.63) is 47.2 Å². The molecule has 1 saturated carbocycles. The van der Waals surface area contributed by atoms with Crippen LogP contribution in [0, 0.1) is 0 Å². The number of carbonyl (C=O) groups excluding carboxylic acids is 3. The fraction of sp³-hybridized carbons (Fsp3) is 0.464. The molecule has 0 bridgehead atoms. The minimum Gasteiger partial charge on any atom is -0.322 e. The summed E-state index contributed by atoms with van der Waals surface area (Å²) in [5.41, 5.74) is 5.54. The summed E-state index contributed by atoms with van der Waals surface area (Å²) in [5, 5.41) is 8.25. The van der Waals surface area contributed by atoms with Gasteiger partial charge in [0.1, 0.15) is 6.04 Å². The Kier molecular flexibility index (Phi) is 5.35. The van der Waals surface area contributed by atoms with E-state index in [1.54, 1.807) is 4.90 Å². The van der Waals surface area contributed by atoms with Gasteiger partial charge in [-0.2, -0.15) is 5.10 Å². The fourth-order valence-electron chi connectivity index (χ4n) is 6.18. The molecule has 3 aliphatic heterocycles. The van der Waals surface area contributed by atoms with E-state index in [0.717, 1.165) is 60.3 Å². The lowest BCUT2D eigenvalue weighted by Crippen LogP contribution is -2.52. The van der Waals surface area contributed by atoms with Crippen molar-refractivity contribution >= 4 is 28.8 Å². The van der Waals surface area contributed by atoms with Gasteiger partial charge in [0.15, 0.2) is 5.65 Å². The van der Waals surface area contributed by atoms with Crippen LogP contribution in [0.25, 0.3) is 22.3 Å². The van der Waals surface area contributed by atoms with Crippen LogP contribution in [0.3, 0.4) is 0 Å². The Labute approximate surface area is 214 Å². The van der Waals surface area contributed by atoms with Gasteiger partial charge in [-0.05, 0) is 80.9 Å². The smallest absolute Gasteiger partial charge is 0.255 e. The normalized spacial score (nSPS) is 22.5. The van der Waals surface area contributed by atoms with E-state index < -0.39 is 6.04 Å². The molecule has 1 aliphatic carbocycles. The van der Waals surface area contributed by atoms with Crippen LogP contribution in [0.2, 0.25) is 0 Å². The summed E-state index contributed by atoms with van der Waals surface area (Å²) in [4.78, 5) is 46.3. The third-order valence-electron chi connectivity index (χ3n) is 8.48. The SMILES string of the molecule is O=C1CCC(N2Cc3cc(-c4cc(CN5CCCC5)c5cnn(C6CCC6)c5n4)ccc3C2=O)C(=O)N1. The number of fused-ring (bicyclic) bond motifs is 2. The molecule has 9 nitrogen and oxygen atoms in total. The van der Waals surface area contributed by atoms with Crippen molar-refractivity contribution in [1.82, 2.24) is 29.9 Å². The monoisotopic (exact) mass is 498 g/mol. The highest BCUT2D eigenvalue weighted by Crippen LogP contribution is 2.36. The molecule has 7 rings (SSSR count). The Balaban J connectivity index is 1.25. The quantitative estimate of drug-likeness (QED) is 0.543. The largest absolute Gasteiger partial charge is 0.322 e. The van der Waals surface area contributed by atoms with E-state index in [-0.39, 0.29) is 24.1 Å². The van der Waals surface area contributed by atoms with Gasteiger partial charge in [0.25, 0.3) is 5.91 Å². The van der Waals surface area contributed by atoms with Crippen molar-refractivity contribution < 1.29 is 14.4 Å². The first-order chi connectivity index (χ1) is 18.0. The number of benzene rings is 1. The molecule has 5 heterocycles. The summed E-state index contributed by atoms with van der Waals surface area (Å²) in [5.74, 6) is -0.821. The Morgan fingerprint density at radius 1 is 1.00 bits per heavy atom. The van der Waals surface area contributed by atoms with Gasteiger partial charge in [-0.25, -0.2) is 9.67 Å². The fourth-order valence-corrected chi connectivity index (χ4v) is 6.18. The first kappa shape index (κ1) is 22.6. The number of nitrogens with zero attached hydrogens (tertiary/aromatic N) is 5. The maximum atomic E-state index is 13.1. The summed E-state index contributed by atoms with van der Waals surface area (Å²) in [6, 6.07) is 7.84. The first-order valence-corrected chi connectivity index (χ1v) is 13.4. The molecule has 1 N–H and O–H groups in total. The number of carbonyl (C=O) groups is 3. The van der Waals surface area contributed by atoms with E-state index in [9.17, 15) is 14.4 Å². The van der Waals surface area contributed by atoms with Crippen LogP contribution in [-0.2, 0) is 22.7 Å². The van der Waals surface area contributed by atoms with E-state index in [1.165, 1.54) is 24.8 Å². The Bertz CT molecular complexity index is 1440.